The van der Waals surface area contributed by atoms with Crippen LogP contribution in [0.4, 0.5) is 16.3 Å². The zero-order chi connectivity index (χ0) is 20.1. The molecule has 2 fully saturated rings. The number of hydrogen-bond donors (Lipinski definition) is 1. The molecule has 0 bridgehead atoms. The molecule has 1 aromatic carbocycles. The highest BCUT2D eigenvalue weighted by Crippen LogP contribution is 2.16. The first kappa shape index (κ1) is 19.2. The van der Waals surface area contributed by atoms with Gasteiger partial charge in [0.1, 0.15) is 5.82 Å². The molecule has 2 aliphatic rings. The lowest BCUT2D eigenvalue weighted by Gasteiger charge is -2.35. The van der Waals surface area contributed by atoms with Crippen LogP contribution in [0, 0.1) is 0 Å². The van der Waals surface area contributed by atoms with Crippen LogP contribution < -0.4 is 10.2 Å². The zero-order valence-electron chi connectivity index (χ0n) is 16.3. The SMILES string of the molecule is O=C(Nc1ccc(C(=O)N2CCOCC2)cc1)N1CCN(c2ccccn2)CC1. The molecule has 2 saturated heterocycles. The number of nitrogens with one attached hydrogen (secondary N) is 1. The van der Waals surface area contributed by atoms with Gasteiger partial charge in [-0.2, -0.15) is 0 Å². The van der Waals surface area contributed by atoms with Gasteiger partial charge in [0.25, 0.3) is 5.91 Å². The quantitative estimate of drug-likeness (QED) is 0.859. The zero-order valence-corrected chi connectivity index (χ0v) is 16.3. The number of rotatable bonds is 3. The third-order valence-corrected chi connectivity index (χ3v) is 5.22. The summed E-state index contributed by atoms with van der Waals surface area (Å²) in [5, 5.41) is 2.92. The second-order valence-electron chi connectivity index (χ2n) is 7.07. The monoisotopic (exact) mass is 395 g/mol. The molecule has 4 rings (SSSR count). The first-order chi connectivity index (χ1) is 14.2. The fraction of sp³-hybridized carbons (Fsp3) is 0.381. The Hall–Kier alpha value is -3.13. The highest BCUT2D eigenvalue weighted by atomic mass is 16.5. The molecule has 8 nitrogen and oxygen atoms in total. The summed E-state index contributed by atoms with van der Waals surface area (Å²) < 4.78 is 5.29. The molecular formula is C21H25N5O3. The molecular weight excluding hydrogens is 370 g/mol. The number of hydrogen-bond acceptors (Lipinski definition) is 5. The minimum Gasteiger partial charge on any atom is -0.378 e. The van der Waals surface area contributed by atoms with Crippen molar-refractivity contribution in [2.24, 2.45) is 0 Å². The normalized spacial score (nSPS) is 17.2. The van der Waals surface area contributed by atoms with Crippen molar-refractivity contribution < 1.29 is 14.3 Å². The average Bonchev–Trinajstić information content (AvgIpc) is 2.80. The molecule has 3 amide bonds. The van der Waals surface area contributed by atoms with E-state index < -0.39 is 0 Å². The van der Waals surface area contributed by atoms with Gasteiger partial charge in [0, 0.05) is 56.7 Å². The maximum atomic E-state index is 12.6. The summed E-state index contributed by atoms with van der Waals surface area (Å²) in [5.41, 5.74) is 1.30. The Morgan fingerprint density at radius 2 is 1.59 bits per heavy atom. The highest BCUT2D eigenvalue weighted by Gasteiger charge is 2.22. The van der Waals surface area contributed by atoms with Crippen molar-refractivity contribution >= 4 is 23.4 Å². The summed E-state index contributed by atoms with van der Waals surface area (Å²) in [7, 11) is 0. The number of benzene rings is 1. The lowest BCUT2D eigenvalue weighted by molar-refractivity contribution is 0.0303. The number of carbonyl (C=O) groups excluding carboxylic acids is 2. The third kappa shape index (κ3) is 4.65. The van der Waals surface area contributed by atoms with E-state index >= 15 is 0 Å². The van der Waals surface area contributed by atoms with E-state index in [1.54, 1.807) is 40.3 Å². The highest BCUT2D eigenvalue weighted by molar-refractivity contribution is 5.95. The minimum absolute atomic E-state index is 0.00294. The van der Waals surface area contributed by atoms with Gasteiger partial charge >= 0.3 is 6.03 Å². The van der Waals surface area contributed by atoms with Gasteiger partial charge in [-0.3, -0.25) is 4.79 Å². The molecule has 0 atom stereocenters. The van der Waals surface area contributed by atoms with Crippen molar-refractivity contribution in [2.75, 3.05) is 62.7 Å². The van der Waals surface area contributed by atoms with Crippen molar-refractivity contribution in [2.45, 2.75) is 0 Å². The first-order valence-corrected chi connectivity index (χ1v) is 9.90. The van der Waals surface area contributed by atoms with E-state index in [1.807, 2.05) is 18.2 Å². The summed E-state index contributed by atoms with van der Waals surface area (Å²) in [6.45, 7) is 5.14. The van der Waals surface area contributed by atoms with Gasteiger partial charge < -0.3 is 24.8 Å². The Balaban J connectivity index is 1.29. The van der Waals surface area contributed by atoms with Gasteiger partial charge in [-0.1, -0.05) is 6.07 Å². The lowest BCUT2D eigenvalue weighted by Crippen LogP contribution is -2.50. The number of aromatic nitrogens is 1. The molecule has 1 aromatic heterocycles. The molecule has 0 radical (unpaired) electrons. The van der Waals surface area contributed by atoms with Crippen molar-refractivity contribution in [3.05, 3.63) is 54.2 Å². The topological polar surface area (TPSA) is 78.0 Å². The minimum atomic E-state index is -0.127. The number of ether oxygens (including phenoxy) is 1. The molecule has 29 heavy (non-hydrogen) atoms. The van der Waals surface area contributed by atoms with Gasteiger partial charge in [0.15, 0.2) is 0 Å². The number of anilines is 2. The second kappa shape index (κ2) is 8.91. The summed E-state index contributed by atoms with van der Waals surface area (Å²) >= 11 is 0. The van der Waals surface area contributed by atoms with Crippen molar-refractivity contribution in [1.82, 2.24) is 14.8 Å². The maximum absolute atomic E-state index is 12.6. The second-order valence-corrected chi connectivity index (χ2v) is 7.07. The molecule has 0 aliphatic carbocycles. The molecule has 152 valence electrons. The molecule has 0 unspecified atom stereocenters. The molecule has 2 aliphatic heterocycles. The van der Waals surface area contributed by atoms with E-state index in [0.29, 0.717) is 50.6 Å². The number of urea groups is 1. The van der Waals surface area contributed by atoms with Crippen molar-refractivity contribution in [3.8, 4) is 0 Å². The average molecular weight is 395 g/mol. The summed E-state index contributed by atoms with van der Waals surface area (Å²) in [6, 6.07) is 12.8. The van der Waals surface area contributed by atoms with Crippen LogP contribution in [0.5, 0.6) is 0 Å². The van der Waals surface area contributed by atoms with Crippen LogP contribution in [0.3, 0.4) is 0 Å². The van der Waals surface area contributed by atoms with Crippen LogP contribution in [-0.2, 0) is 4.74 Å². The fourth-order valence-electron chi connectivity index (χ4n) is 3.53. The van der Waals surface area contributed by atoms with Gasteiger partial charge in [-0.15, -0.1) is 0 Å². The predicted octanol–water partition coefficient (Wildman–Crippen LogP) is 1.91. The van der Waals surface area contributed by atoms with Gasteiger partial charge in [0.05, 0.1) is 13.2 Å². The molecule has 8 heteroatoms. The van der Waals surface area contributed by atoms with Gasteiger partial charge in [0.2, 0.25) is 0 Å². The molecule has 3 heterocycles. The predicted molar refractivity (Wildman–Crippen MR) is 110 cm³/mol. The Morgan fingerprint density at radius 3 is 2.24 bits per heavy atom. The van der Waals surface area contributed by atoms with Crippen LogP contribution in [0.25, 0.3) is 0 Å². The summed E-state index contributed by atoms with van der Waals surface area (Å²) in [6.07, 6.45) is 1.78. The number of nitrogens with zero attached hydrogens (tertiary/aromatic N) is 4. The number of piperazine rings is 1. The molecule has 0 spiro atoms. The number of morpholine rings is 1. The molecule has 0 saturated carbocycles. The number of amides is 3. The van der Waals surface area contributed by atoms with E-state index in [4.69, 9.17) is 4.74 Å². The fourth-order valence-corrected chi connectivity index (χ4v) is 3.53. The number of pyridine rings is 1. The van der Waals surface area contributed by atoms with Crippen LogP contribution >= 0.6 is 0 Å². The van der Waals surface area contributed by atoms with Crippen LogP contribution in [0.2, 0.25) is 0 Å². The largest absolute Gasteiger partial charge is 0.378 e. The van der Waals surface area contributed by atoms with Crippen molar-refractivity contribution in [3.63, 3.8) is 0 Å². The number of carbonyl (C=O) groups is 2. The molecule has 2 aromatic rings. The molecule has 1 N–H and O–H groups in total. The van der Waals surface area contributed by atoms with E-state index in [1.165, 1.54) is 0 Å². The summed E-state index contributed by atoms with van der Waals surface area (Å²) in [5.74, 6) is 0.935. The van der Waals surface area contributed by atoms with Crippen LogP contribution in [0.15, 0.2) is 48.7 Å². The summed E-state index contributed by atoms with van der Waals surface area (Å²) in [4.78, 5) is 35.2. The third-order valence-electron chi connectivity index (χ3n) is 5.22. The first-order valence-electron chi connectivity index (χ1n) is 9.90. The van der Waals surface area contributed by atoms with Gasteiger partial charge in [-0.25, -0.2) is 9.78 Å². The maximum Gasteiger partial charge on any atom is 0.321 e. The van der Waals surface area contributed by atoms with Gasteiger partial charge in [-0.05, 0) is 36.4 Å². The van der Waals surface area contributed by atoms with E-state index in [2.05, 4.69) is 15.2 Å². The Kier molecular flexibility index (Phi) is 5.90. The Morgan fingerprint density at radius 1 is 0.862 bits per heavy atom. The van der Waals surface area contributed by atoms with E-state index in [-0.39, 0.29) is 11.9 Å². The van der Waals surface area contributed by atoms with Crippen molar-refractivity contribution in [1.29, 1.82) is 0 Å². The lowest BCUT2D eigenvalue weighted by atomic mass is 10.1. The Labute approximate surface area is 170 Å². The van der Waals surface area contributed by atoms with E-state index in [9.17, 15) is 9.59 Å². The van der Waals surface area contributed by atoms with E-state index in [0.717, 1.165) is 18.9 Å². The Bertz CT molecular complexity index is 829. The smallest absolute Gasteiger partial charge is 0.321 e. The van der Waals surface area contributed by atoms with Crippen LogP contribution in [0.1, 0.15) is 10.4 Å². The van der Waals surface area contributed by atoms with Crippen LogP contribution in [-0.4, -0.2) is 79.2 Å². The standard InChI is InChI=1S/C21H25N5O3/c27-20(25-13-15-29-16-14-25)17-4-6-18(7-5-17)23-21(28)26-11-9-24(10-12-26)19-3-1-2-8-22-19/h1-8H,9-16H2,(H,23,28).